The van der Waals surface area contributed by atoms with Gasteiger partial charge in [-0.2, -0.15) is 0 Å². The lowest BCUT2D eigenvalue weighted by atomic mass is 10.2. The van der Waals surface area contributed by atoms with Crippen molar-refractivity contribution in [1.82, 2.24) is 10.3 Å². The van der Waals surface area contributed by atoms with Gasteiger partial charge in [0, 0.05) is 25.4 Å². The van der Waals surface area contributed by atoms with Crippen LogP contribution in [0.25, 0.3) is 0 Å². The number of carbonyl (C=O) groups excluding carboxylic acids is 2. The number of ether oxygens (including phenoxy) is 1. The Kier molecular flexibility index (Phi) is 6.89. The van der Waals surface area contributed by atoms with Gasteiger partial charge in [0.15, 0.2) is 0 Å². The van der Waals surface area contributed by atoms with Crippen molar-refractivity contribution in [2.75, 3.05) is 13.7 Å². The quantitative estimate of drug-likeness (QED) is 0.616. The van der Waals surface area contributed by atoms with Crippen LogP contribution in [0.2, 0.25) is 5.02 Å². The van der Waals surface area contributed by atoms with Crippen molar-refractivity contribution in [3.05, 3.63) is 29.0 Å². The van der Waals surface area contributed by atoms with E-state index < -0.39 is 0 Å². The highest BCUT2D eigenvalue weighted by Gasteiger charge is 2.09. The standard InChI is InChI=1S/C13H17ClN2O3/c1-19-12(17)5-3-2-4-7-16-13(18)10-9-15-8-6-11(10)14/h6,8-9H,2-5,7H2,1H3,(H,16,18). The van der Waals surface area contributed by atoms with E-state index in [0.717, 1.165) is 19.3 Å². The van der Waals surface area contributed by atoms with Crippen LogP contribution in [0.15, 0.2) is 18.5 Å². The molecule has 0 unspecified atom stereocenters. The monoisotopic (exact) mass is 284 g/mol. The van der Waals surface area contributed by atoms with E-state index in [2.05, 4.69) is 15.0 Å². The fraction of sp³-hybridized carbons (Fsp3) is 0.462. The van der Waals surface area contributed by atoms with Crippen molar-refractivity contribution in [2.24, 2.45) is 0 Å². The molecular weight excluding hydrogens is 268 g/mol. The number of methoxy groups -OCH3 is 1. The largest absolute Gasteiger partial charge is 0.469 e. The van der Waals surface area contributed by atoms with Crippen LogP contribution in [0, 0.1) is 0 Å². The van der Waals surface area contributed by atoms with Crippen LogP contribution in [0.5, 0.6) is 0 Å². The first-order valence-electron chi connectivity index (χ1n) is 6.09. The van der Waals surface area contributed by atoms with E-state index in [4.69, 9.17) is 11.6 Å². The van der Waals surface area contributed by atoms with Gasteiger partial charge < -0.3 is 10.1 Å². The fourth-order valence-corrected chi connectivity index (χ4v) is 1.71. The number of hydrogen-bond donors (Lipinski definition) is 1. The summed E-state index contributed by atoms with van der Waals surface area (Å²) in [6.45, 7) is 0.547. The van der Waals surface area contributed by atoms with E-state index in [-0.39, 0.29) is 11.9 Å². The van der Waals surface area contributed by atoms with E-state index >= 15 is 0 Å². The summed E-state index contributed by atoms with van der Waals surface area (Å²) in [5.74, 6) is -0.433. The Bertz CT molecular complexity index is 438. The van der Waals surface area contributed by atoms with Gasteiger partial charge in [0.05, 0.1) is 17.7 Å². The average Bonchev–Trinajstić information content (AvgIpc) is 2.42. The number of aromatic nitrogens is 1. The summed E-state index contributed by atoms with van der Waals surface area (Å²) in [6.07, 6.45) is 5.81. The molecule has 0 atom stereocenters. The van der Waals surface area contributed by atoms with Gasteiger partial charge in [-0.3, -0.25) is 14.6 Å². The summed E-state index contributed by atoms with van der Waals surface area (Å²) in [4.78, 5) is 26.5. The fourth-order valence-electron chi connectivity index (χ4n) is 1.51. The van der Waals surface area contributed by atoms with Crippen LogP contribution >= 0.6 is 11.6 Å². The molecule has 1 aromatic rings. The van der Waals surface area contributed by atoms with Gasteiger partial charge in [0.2, 0.25) is 0 Å². The van der Waals surface area contributed by atoms with Crippen LogP contribution < -0.4 is 5.32 Å². The number of halogens is 1. The van der Waals surface area contributed by atoms with Crippen LogP contribution in [0.3, 0.4) is 0 Å². The number of nitrogens with zero attached hydrogens (tertiary/aromatic N) is 1. The molecular formula is C13H17ClN2O3. The molecule has 1 aromatic heterocycles. The lowest BCUT2D eigenvalue weighted by Gasteiger charge is -2.06. The number of rotatable bonds is 7. The lowest BCUT2D eigenvalue weighted by Crippen LogP contribution is -2.24. The molecule has 1 amide bonds. The molecule has 0 aliphatic rings. The number of hydrogen-bond acceptors (Lipinski definition) is 4. The summed E-state index contributed by atoms with van der Waals surface area (Å²) in [5.41, 5.74) is 0.374. The smallest absolute Gasteiger partial charge is 0.305 e. The number of unbranched alkanes of at least 4 members (excludes halogenated alkanes) is 2. The molecule has 1 N–H and O–H groups in total. The molecule has 0 bridgehead atoms. The third-order valence-corrected chi connectivity index (χ3v) is 2.91. The summed E-state index contributed by atoms with van der Waals surface area (Å²) in [5, 5.41) is 3.15. The molecule has 0 radical (unpaired) electrons. The molecule has 0 spiro atoms. The Balaban J connectivity index is 2.18. The average molecular weight is 285 g/mol. The van der Waals surface area contributed by atoms with Gasteiger partial charge in [-0.25, -0.2) is 0 Å². The van der Waals surface area contributed by atoms with Crippen molar-refractivity contribution in [3.8, 4) is 0 Å². The normalized spacial score (nSPS) is 10.0. The van der Waals surface area contributed by atoms with Gasteiger partial charge in [-0.1, -0.05) is 18.0 Å². The topological polar surface area (TPSA) is 68.3 Å². The number of carbonyl (C=O) groups is 2. The van der Waals surface area contributed by atoms with Crippen LogP contribution in [-0.2, 0) is 9.53 Å². The summed E-state index contributed by atoms with van der Waals surface area (Å²) < 4.78 is 4.54. The maximum atomic E-state index is 11.7. The number of pyridine rings is 1. The minimum absolute atomic E-state index is 0.203. The number of nitrogens with one attached hydrogen (secondary N) is 1. The third-order valence-electron chi connectivity index (χ3n) is 2.58. The maximum absolute atomic E-state index is 11.7. The van der Waals surface area contributed by atoms with Gasteiger partial charge in [-0.05, 0) is 18.9 Å². The Morgan fingerprint density at radius 1 is 1.37 bits per heavy atom. The van der Waals surface area contributed by atoms with Crippen molar-refractivity contribution >= 4 is 23.5 Å². The molecule has 0 aromatic carbocycles. The minimum atomic E-state index is -0.230. The zero-order valence-corrected chi connectivity index (χ0v) is 11.6. The molecule has 1 heterocycles. The van der Waals surface area contributed by atoms with E-state index in [1.54, 1.807) is 6.07 Å². The summed E-state index contributed by atoms with van der Waals surface area (Å²) in [6, 6.07) is 1.58. The highest BCUT2D eigenvalue weighted by Crippen LogP contribution is 2.12. The first-order chi connectivity index (χ1) is 9.15. The second-order valence-corrected chi connectivity index (χ2v) is 4.41. The molecule has 0 saturated heterocycles. The van der Waals surface area contributed by atoms with Gasteiger partial charge in [0.25, 0.3) is 5.91 Å². The van der Waals surface area contributed by atoms with Crippen molar-refractivity contribution < 1.29 is 14.3 Å². The number of esters is 1. The van der Waals surface area contributed by atoms with Crippen LogP contribution in [0.4, 0.5) is 0 Å². The van der Waals surface area contributed by atoms with Gasteiger partial charge in [-0.15, -0.1) is 0 Å². The highest BCUT2D eigenvalue weighted by atomic mass is 35.5. The van der Waals surface area contributed by atoms with Crippen molar-refractivity contribution in [3.63, 3.8) is 0 Å². The minimum Gasteiger partial charge on any atom is -0.469 e. The Morgan fingerprint density at radius 2 is 2.16 bits per heavy atom. The van der Waals surface area contributed by atoms with Crippen LogP contribution in [0.1, 0.15) is 36.0 Å². The summed E-state index contributed by atoms with van der Waals surface area (Å²) >= 11 is 5.88. The molecule has 0 aliphatic carbocycles. The zero-order valence-electron chi connectivity index (χ0n) is 10.8. The second-order valence-electron chi connectivity index (χ2n) is 4.00. The molecule has 1 rings (SSSR count). The zero-order chi connectivity index (χ0) is 14.1. The van der Waals surface area contributed by atoms with Gasteiger partial charge >= 0.3 is 5.97 Å². The lowest BCUT2D eigenvalue weighted by molar-refractivity contribution is -0.140. The van der Waals surface area contributed by atoms with Crippen LogP contribution in [-0.4, -0.2) is 30.5 Å². The maximum Gasteiger partial charge on any atom is 0.305 e. The van der Waals surface area contributed by atoms with E-state index in [9.17, 15) is 9.59 Å². The third kappa shape index (κ3) is 5.70. The van der Waals surface area contributed by atoms with Crippen molar-refractivity contribution in [1.29, 1.82) is 0 Å². The second kappa shape index (κ2) is 8.48. The van der Waals surface area contributed by atoms with Crippen molar-refractivity contribution in [2.45, 2.75) is 25.7 Å². The molecule has 5 nitrogen and oxygen atoms in total. The molecule has 0 fully saturated rings. The Labute approximate surface area is 117 Å². The van der Waals surface area contributed by atoms with E-state index in [1.807, 2.05) is 0 Å². The SMILES string of the molecule is COC(=O)CCCCCNC(=O)c1cnccc1Cl. The molecule has 6 heteroatoms. The molecule has 0 aliphatic heterocycles. The molecule has 0 saturated carbocycles. The first kappa shape index (κ1) is 15.4. The first-order valence-corrected chi connectivity index (χ1v) is 6.47. The predicted molar refractivity (Wildman–Crippen MR) is 72.1 cm³/mol. The molecule has 19 heavy (non-hydrogen) atoms. The number of amides is 1. The van der Waals surface area contributed by atoms with E-state index in [0.29, 0.717) is 23.6 Å². The predicted octanol–water partition coefficient (Wildman–Crippen LogP) is 2.20. The highest BCUT2D eigenvalue weighted by molar-refractivity contribution is 6.33. The Morgan fingerprint density at radius 3 is 2.84 bits per heavy atom. The van der Waals surface area contributed by atoms with Gasteiger partial charge in [0.1, 0.15) is 0 Å². The Hall–Kier alpha value is -1.62. The van der Waals surface area contributed by atoms with E-state index in [1.165, 1.54) is 19.5 Å². The molecule has 104 valence electrons. The summed E-state index contributed by atoms with van der Waals surface area (Å²) in [7, 11) is 1.38.